The standard InChI is InChI=1S/C24H25FN4O3/c1-31-17-8-6-16(7-9-17)23-26-22(32-27-23)15-28-10-12-29(13-11-28)24(30)20-14-19(20)18-4-2-3-5-21(18)25/h2-9,19-20H,10-15H2,1H3. The van der Waals surface area contributed by atoms with Gasteiger partial charge in [0.25, 0.3) is 0 Å². The van der Waals surface area contributed by atoms with E-state index in [0.29, 0.717) is 36.9 Å². The zero-order chi connectivity index (χ0) is 22.1. The van der Waals surface area contributed by atoms with Gasteiger partial charge in [0.2, 0.25) is 17.6 Å². The molecule has 2 fully saturated rings. The third-order valence-electron chi connectivity index (χ3n) is 6.27. The number of hydrogen-bond donors (Lipinski definition) is 0. The molecule has 1 aliphatic carbocycles. The predicted molar refractivity (Wildman–Crippen MR) is 115 cm³/mol. The van der Waals surface area contributed by atoms with Crippen molar-refractivity contribution in [1.29, 1.82) is 0 Å². The van der Waals surface area contributed by atoms with Crippen molar-refractivity contribution in [3.63, 3.8) is 0 Å². The maximum absolute atomic E-state index is 14.0. The Balaban J connectivity index is 1.13. The number of rotatable bonds is 6. The lowest BCUT2D eigenvalue weighted by Gasteiger charge is -2.34. The second kappa shape index (κ2) is 8.70. The van der Waals surface area contributed by atoms with Crippen molar-refractivity contribution in [3.05, 3.63) is 65.8 Å². The largest absolute Gasteiger partial charge is 0.497 e. The van der Waals surface area contributed by atoms with Gasteiger partial charge in [0.15, 0.2) is 0 Å². The molecule has 7 nitrogen and oxygen atoms in total. The molecule has 1 aromatic heterocycles. The molecule has 3 aromatic rings. The summed E-state index contributed by atoms with van der Waals surface area (Å²) >= 11 is 0. The first-order valence-corrected chi connectivity index (χ1v) is 10.8. The van der Waals surface area contributed by atoms with Gasteiger partial charge in [0.1, 0.15) is 11.6 Å². The van der Waals surface area contributed by atoms with Crippen molar-refractivity contribution < 1.29 is 18.4 Å². The third-order valence-corrected chi connectivity index (χ3v) is 6.27. The van der Waals surface area contributed by atoms with E-state index in [1.807, 2.05) is 35.2 Å². The first-order chi connectivity index (χ1) is 15.6. The van der Waals surface area contributed by atoms with Crippen LogP contribution < -0.4 is 4.74 Å². The summed E-state index contributed by atoms with van der Waals surface area (Å²) in [6.45, 7) is 3.33. The van der Waals surface area contributed by atoms with Crippen molar-refractivity contribution in [3.8, 4) is 17.1 Å². The number of methoxy groups -OCH3 is 1. The molecule has 1 saturated heterocycles. The van der Waals surface area contributed by atoms with Crippen molar-refractivity contribution in [2.24, 2.45) is 5.92 Å². The summed E-state index contributed by atoms with van der Waals surface area (Å²) in [6, 6.07) is 14.3. The number of benzene rings is 2. The van der Waals surface area contributed by atoms with Gasteiger partial charge >= 0.3 is 0 Å². The minimum absolute atomic E-state index is 0.0106. The van der Waals surface area contributed by atoms with E-state index in [9.17, 15) is 9.18 Å². The molecule has 8 heteroatoms. The molecule has 1 amide bonds. The monoisotopic (exact) mass is 436 g/mol. The van der Waals surface area contributed by atoms with Crippen LogP contribution in [0.2, 0.25) is 0 Å². The van der Waals surface area contributed by atoms with Crippen molar-refractivity contribution >= 4 is 5.91 Å². The maximum atomic E-state index is 14.0. The van der Waals surface area contributed by atoms with Crippen LogP contribution in [-0.4, -0.2) is 59.1 Å². The second-order valence-corrected chi connectivity index (χ2v) is 8.31. The van der Waals surface area contributed by atoms with Gasteiger partial charge in [-0.1, -0.05) is 23.4 Å². The summed E-state index contributed by atoms with van der Waals surface area (Å²) in [5, 5.41) is 4.08. The average Bonchev–Trinajstić information content (AvgIpc) is 3.49. The van der Waals surface area contributed by atoms with Gasteiger partial charge in [-0.05, 0) is 48.2 Å². The molecule has 2 aromatic carbocycles. The number of amides is 1. The third kappa shape index (κ3) is 4.23. The summed E-state index contributed by atoms with van der Waals surface area (Å²) in [5.74, 6) is 1.71. The van der Waals surface area contributed by atoms with Gasteiger partial charge in [-0.3, -0.25) is 9.69 Å². The summed E-state index contributed by atoms with van der Waals surface area (Å²) in [6.07, 6.45) is 0.732. The second-order valence-electron chi connectivity index (χ2n) is 8.31. The Hall–Kier alpha value is -3.26. The zero-order valence-electron chi connectivity index (χ0n) is 17.9. The van der Waals surface area contributed by atoms with Crippen LogP contribution in [0.15, 0.2) is 53.1 Å². The van der Waals surface area contributed by atoms with E-state index in [2.05, 4.69) is 15.0 Å². The number of ether oxygens (including phenoxy) is 1. The van der Waals surface area contributed by atoms with Crippen LogP contribution >= 0.6 is 0 Å². The Labute approximate surface area is 185 Å². The summed E-state index contributed by atoms with van der Waals surface area (Å²) in [7, 11) is 1.63. The van der Waals surface area contributed by atoms with Gasteiger partial charge in [-0.2, -0.15) is 4.98 Å². The van der Waals surface area contributed by atoms with Crippen LogP contribution in [0, 0.1) is 11.7 Å². The molecule has 0 bridgehead atoms. The van der Waals surface area contributed by atoms with Gasteiger partial charge in [0.05, 0.1) is 13.7 Å². The highest BCUT2D eigenvalue weighted by Gasteiger charge is 2.47. The smallest absolute Gasteiger partial charge is 0.241 e. The van der Waals surface area contributed by atoms with E-state index in [4.69, 9.17) is 9.26 Å². The Bertz CT molecular complexity index is 1090. The number of carbonyl (C=O) groups excluding carboxylic acids is 1. The van der Waals surface area contributed by atoms with E-state index in [1.54, 1.807) is 19.2 Å². The Kier molecular flexibility index (Phi) is 5.61. The molecule has 5 rings (SSSR count). The van der Waals surface area contributed by atoms with Crippen molar-refractivity contribution in [2.45, 2.75) is 18.9 Å². The number of halogens is 1. The fourth-order valence-electron chi connectivity index (χ4n) is 4.32. The van der Waals surface area contributed by atoms with E-state index in [0.717, 1.165) is 30.8 Å². The molecule has 2 aliphatic rings. The molecule has 0 spiro atoms. The molecule has 0 radical (unpaired) electrons. The van der Waals surface area contributed by atoms with Gasteiger partial charge in [-0.15, -0.1) is 0 Å². The lowest BCUT2D eigenvalue weighted by molar-refractivity contribution is -0.134. The van der Waals surface area contributed by atoms with Crippen LogP contribution in [0.4, 0.5) is 4.39 Å². The van der Waals surface area contributed by atoms with Crippen molar-refractivity contribution in [1.82, 2.24) is 19.9 Å². The predicted octanol–water partition coefficient (Wildman–Crippen LogP) is 3.33. The van der Waals surface area contributed by atoms with Crippen LogP contribution in [0.25, 0.3) is 11.4 Å². The number of piperazine rings is 1. The molecular weight excluding hydrogens is 411 g/mol. The van der Waals surface area contributed by atoms with Crippen LogP contribution in [0.1, 0.15) is 23.8 Å². The summed E-state index contributed by atoms with van der Waals surface area (Å²) in [5.41, 5.74) is 1.53. The fraction of sp³-hybridized carbons (Fsp3) is 0.375. The first-order valence-electron chi connectivity index (χ1n) is 10.8. The van der Waals surface area contributed by atoms with Gasteiger partial charge in [0, 0.05) is 37.7 Å². The highest BCUT2D eigenvalue weighted by atomic mass is 19.1. The van der Waals surface area contributed by atoms with Crippen LogP contribution in [-0.2, 0) is 11.3 Å². The van der Waals surface area contributed by atoms with E-state index in [-0.39, 0.29) is 23.6 Å². The van der Waals surface area contributed by atoms with E-state index >= 15 is 0 Å². The Morgan fingerprint density at radius 2 is 1.88 bits per heavy atom. The number of nitrogens with zero attached hydrogens (tertiary/aromatic N) is 4. The number of carbonyl (C=O) groups is 1. The average molecular weight is 436 g/mol. The zero-order valence-corrected chi connectivity index (χ0v) is 17.9. The molecule has 1 saturated carbocycles. The van der Waals surface area contributed by atoms with Crippen molar-refractivity contribution in [2.75, 3.05) is 33.3 Å². The highest BCUT2D eigenvalue weighted by Crippen LogP contribution is 2.49. The summed E-state index contributed by atoms with van der Waals surface area (Å²) < 4.78 is 24.6. The minimum atomic E-state index is -0.216. The van der Waals surface area contributed by atoms with Crippen LogP contribution in [0.5, 0.6) is 5.75 Å². The SMILES string of the molecule is COc1ccc(-c2noc(CN3CCN(C(=O)C4CC4c4ccccc4F)CC3)n2)cc1. The number of aromatic nitrogens is 2. The fourth-order valence-corrected chi connectivity index (χ4v) is 4.32. The highest BCUT2D eigenvalue weighted by molar-refractivity contribution is 5.83. The molecule has 2 heterocycles. The van der Waals surface area contributed by atoms with E-state index in [1.165, 1.54) is 6.07 Å². The topological polar surface area (TPSA) is 71.7 Å². The quantitative estimate of drug-likeness (QED) is 0.590. The molecule has 1 aliphatic heterocycles. The first kappa shape index (κ1) is 20.6. The molecule has 2 unspecified atom stereocenters. The molecule has 166 valence electrons. The normalized spacial score (nSPS) is 20.9. The molecule has 0 N–H and O–H groups in total. The summed E-state index contributed by atoms with van der Waals surface area (Å²) in [4.78, 5) is 21.5. The lowest BCUT2D eigenvalue weighted by Crippen LogP contribution is -2.48. The number of hydrogen-bond acceptors (Lipinski definition) is 6. The minimum Gasteiger partial charge on any atom is -0.497 e. The van der Waals surface area contributed by atoms with Crippen LogP contribution in [0.3, 0.4) is 0 Å². The van der Waals surface area contributed by atoms with Gasteiger partial charge in [-0.25, -0.2) is 4.39 Å². The molecular formula is C24H25FN4O3. The Morgan fingerprint density at radius 3 is 2.59 bits per heavy atom. The molecule has 32 heavy (non-hydrogen) atoms. The van der Waals surface area contributed by atoms with Gasteiger partial charge < -0.3 is 14.2 Å². The maximum Gasteiger partial charge on any atom is 0.241 e. The molecule has 2 atom stereocenters. The lowest BCUT2D eigenvalue weighted by atomic mass is 10.1. The Morgan fingerprint density at radius 1 is 1.12 bits per heavy atom. The van der Waals surface area contributed by atoms with E-state index < -0.39 is 0 Å².